The number of hydrogen-bond donors (Lipinski definition) is 1. The molecule has 1 aromatic heterocycles. The zero-order valence-electron chi connectivity index (χ0n) is 13.9. The van der Waals surface area contributed by atoms with E-state index >= 15 is 0 Å². The molecular formula is C16H10F6N4OS. The van der Waals surface area contributed by atoms with Gasteiger partial charge in [-0.15, -0.1) is 10.2 Å². The molecule has 0 aliphatic heterocycles. The molecule has 2 rings (SSSR count). The van der Waals surface area contributed by atoms with Gasteiger partial charge in [-0.1, -0.05) is 24.3 Å². The van der Waals surface area contributed by atoms with E-state index in [0.717, 1.165) is 11.3 Å². The van der Waals surface area contributed by atoms with Crippen molar-refractivity contribution in [1.82, 2.24) is 10.2 Å². The van der Waals surface area contributed by atoms with Crippen LogP contribution in [0.5, 0.6) is 0 Å². The molecule has 0 fully saturated rings. The Morgan fingerprint density at radius 2 is 1.89 bits per heavy atom. The van der Waals surface area contributed by atoms with Crippen LogP contribution in [0.2, 0.25) is 0 Å². The maximum Gasteiger partial charge on any atom is 0.417 e. The predicted octanol–water partition coefficient (Wildman–Crippen LogP) is 4.68. The van der Waals surface area contributed by atoms with Crippen molar-refractivity contribution < 1.29 is 31.1 Å². The average molecular weight is 420 g/mol. The fourth-order valence-corrected chi connectivity index (χ4v) is 2.69. The lowest BCUT2D eigenvalue weighted by molar-refractivity contribution is -0.143. The maximum absolute atomic E-state index is 13.2. The van der Waals surface area contributed by atoms with Crippen molar-refractivity contribution in [2.75, 3.05) is 5.32 Å². The Balaban J connectivity index is 2.42. The van der Waals surface area contributed by atoms with Crippen molar-refractivity contribution in [3.8, 4) is 6.07 Å². The molecule has 2 aromatic rings. The summed E-state index contributed by atoms with van der Waals surface area (Å²) in [5.74, 6) is -1.06. The summed E-state index contributed by atoms with van der Waals surface area (Å²) >= 11 is 1.01. The number of hydrogen-bond acceptors (Lipinski definition) is 5. The summed E-state index contributed by atoms with van der Waals surface area (Å²) in [6, 6.07) is 2.35. The number of amides is 1. The lowest BCUT2D eigenvalue weighted by Crippen LogP contribution is -2.15. The third-order valence-electron chi connectivity index (χ3n) is 3.34. The molecule has 1 amide bonds. The summed E-state index contributed by atoms with van der Waals surface area (Å²) in [4.78, 5) is 12.1. The number of aromatic nitrogens is 2. The normalized spacial score (nSPS) is 12.6. The lowest BCUT2D eigenvalue weighted by Gasteiger charge is -2.14. The van der Waals surface area contributed by atoms with Crippen LogP contribution in [-0.4, -0.2) is 16.1 Å². The Hall–Kier alpha value is -2.94. The first-order valence-corrected chi connectivity index (χ1v) is 8.31. The molecule has 12 heteroatoms. The number of carbonyl (C=O) groups is 1. The number of alkyl halides is 6. The highest BCUT2D eigenvalue weighted by Crippen LogP contribution is 2.38. The van der Waals surface area contributed by atoms with Crippen LogP contribution in [0.1, 0.15) is 28.6 Å². The summed E-state index contributed by atoms with van der Waals surface area (Å²) < 4.78 is 77.6. The highest BCUT2D eigenvalue weighted by Gasteiger charge is 2.38. The molecule has 148 valence electrons. The average Bonchev–Trinajstić information content (AvgIpc) is 3.05. The Bertz CT molecular complexity index is 955. The van der Waals surface area contributed by atoms with E-state index in [1.165, 1.54) is 6.07 Å². The molecule has 0 saturated carbocycles. The number of carbonyl (C=O) groups excluding carboxylic acids is 1. The van der Waals surface area contributed by atoms with Gasteiger partial charge in [-0.05, 0) is 30.2 Å². The highest BCUT2D eigenvalue weighted by atomic mass is 32.1. The van der Waals surface area contributed by atoms with Gasteiger partial charge in [0, 0.05) is 0 Å². The second-order valence-corrected chi connectivity index (χ2v) is 6.34. The number of aryl methyl sites for hydroxylation is 1. The number of nitrogens with one attached hydrogen (secondary N) is 1. The standard InChI is InChI=1S/C16H10F6N4OS/c1-2-12-25-26-14(28-12)24-13(27)9(7-23)5-8-3-4-10(15(17,18)19)6-11(8)16(20,21)22/h3-6H,2H2,1H3,(H,24,26,27). The minimum Gasteiger partial charge on any atom is -0.296 e. The number of halogens is 6. The Morgan fingerprint density at radius 1 is 1.21 bits per heavy atom. The molecule has 0 aliphatic carbocycles. The Kier molecular flexibility index (Phi) is 6.08. The molecule has 1 aromatic carbocycles. The second-order valence-electron chi connectivity index (χ2n) is 5.28. The topological polar surface area (TPSA) is 78.7 Å². The summed E-state index contributed by atoms with van der Waals surface area (Å²) in [5.41, 5.74) is -4.61. The van der Waals surface area contributed by atoms with Crippen molar-refractivity contribution >= 4 is 28.5 Å². The van der Waals surface area contributed by atoms with Gasteiger partial charge in [-0.25, -0.2) is 0 Å². The van der Waals surface area contributed by atoms with Gasteiger partial charge in [0.15, 0.2) is 0 Å². The van der Waals surface area contributed by atoms with Crippen LogP contribution in [0, 0.1) is 11.3 Å². The molecule has 0 bridgehead atoms. The first kappa shape index (κ1) is 21.4. The molecule has 5 nitrogen and oxygen atoms in total. The number of nitrogens with zero attached hydrogens (tertiary/aromatic N) is 3. The number of nitriles is 1. The summed E-state index contributed by atoms with van der Waals surface area (Å²) in [6.07, 6.45) is -9.00. The van der Waals surface area contributed by atoms with Crippen LogP contribution in [0.25, 0.3) is 6.08 Å². The van der Waals surface area contributed by atoms with Gasteiger partial charge in [-0.3, -0.25) is 10.1 Å². The van der Waals surface area contributed by atoms with E-state index in [1.807, 2.05) is 0 Å². The number of benzene rings is 1. The number of anilines is 1. The first-order chi connectivity index (χ1) is 13.0. The van der Waals surface area contributed by atoms with E-state index in [0.29, 0.717) is 29.6 Å². The van der Waals surface area contributed by atoms with Crippen molar-refractivity contribution in [2.24, 2.45) is 0 Å². The third-order valence-corrected chi connectivity index (χ3v) is 4.32. The third kappa shape index (κ3) is 5.07. The van der Waals surface area contributed by atoms with Crippen LogP contribution >= 0.6 is 11.3 Å². The SMILES string of the molecule is CCc1nnc(NC(=O)C(C#N)=Cc2ccc(C(F)(F)F)cc2C(F)(F)F)s1. The smallest absolute Gasteiger partial charge is 0.296 e. The van der Waals surface area contributed by atoms with Crippen LogP contribution in [0.15, 0.2) is 23.8 Å². The molecule has 0 unspecified atom stereocenters. The van der Waals surface area contributed by atoms with Gasteiger partial charge in [-0.2, -0.15) is 31.6 Å². The van der Waals surface area contributed by atoms with Crippen LogP contribution in [0.4, 0.5) is 31.5 Å². The largest absolute Gasteiger partial charge is 0.417 e. The Labute approximate surface area is 158 Å². The van der Waals surface area contributed by atoms with E-state index < -0.39 is 40.5 Å². The first-order valence-electron chi connectivity index (χ1n) is 7.49. The van der Waals surface area contributed by atoms with Gasteiger partial charge in [0.2, 0.25) is 5.13 Å². The van der Waals surface area contributed by atoms with Crippen LogP contribution < -0.4 is 5.32 Å². The second kappa shape index (κ2) is 7.97. The quantitative estimate of drug-likeness (QED) is 0.443. The van der Waals surface area contributed by atoms with Gasteiger partial charge >= 0.3 is 12.4 Å². The molecule has 0 atom stereocenters. The van der Waals surface area contributed by atoms with Crippen molar-refractivity contribution in [3.63, 3.8) is 0 Å². The van der Waals surface area contributed by atoms with E-state index in [-0.39, 0.29) is 11.2 Å². The fraction of sp³-hybridized carbons (Fsp3) is 0.250. The van der Waals surface area contributed by atoms with Crippen molar-refractivity contribution in [3.05, 3.63) is 45.5 Å². The van der Waals surface area contributed by atoms with Gasteiger partial charge in [0.25, 0.3) is 5.91 Å². The van der Waals surface area contributed by atoms with Crippen molar-refractivity contribution in [1.29, 1.82) is 5.26 Å². The lowest BCUT2D eigenvalue weighted by atomic mass is 10.0. The molecule has 0 aliphatic rings. The molecule has 1 N–H and O–H groups in total. The van der Waals surface area contributed by atoms with E-state index in [2.05, 4.69) is 15.5 Å². The summed E-state index contributed by atoms with van der Waals surface area (Å²) in [5, 5.41) is 19.3. The number of rotatable bonds is 4. The molecular weight excluding hydrogens is 410 g/mol. The predicted molar refractivity (Wildman–Crippen MR) is 88.0 cm³/mol. The van der Waals surface area contributed by atoms with E-state index in [4.69, 9.17) is 5.26 Å². The molecule has 28 heavy (non-hydrogen) atoms. The molecule has 0 radical (unpaired) electrons. The van der Waals surface area contributed by atoms with Crippen LogP contribution in [0.3, 0.4) is 0 Å². The summed E-state index contributed by atoms with van der Waals surface area (Å²) in [6.45, 7) is 1.79. The minimum atomic E-state index is -5.13. The van der Waals surface area contributed by atoms with Gasteiger partial charge in [0.1, 0.15) is 16.6 Å². The zero-order valence-corrected chi connectivity index (χ0v) is 14.8. The fourth-order valence-electron chi connectivity index (χ4n) is 2.02. The monoisotopic (exact) mass is 420 g/mol. The minimum absolute atomic E-state index is 0.0338. The molecule has 0 spiro atoms. The highest BCUT2D eigenvalue weighted by molar-refractivity contribution is 7.15. The summed E-state index contributed by atoms with van der Waals surface area (Å²) in [7, 11) is 0. The van der Waals surface area contributed by atoms with Crippen LogP contribution in [-0.2, 0) is 23.6 Å². The molecule has 0 saturated heterocycles. The maximum atomic E-state index is 13.2. The Morgan fingerprint density at radius 3 is 2.39 bits per heavy atom. The van der Waals surface area contributed by atoms with Gasteiger partial charge in [0.05, 0.1) is 11.1 Å². The van der Waals surface area contributed by atoms with E-state index in [9.17, 15) is 31.1 Å². The molecule has 1 heterocycles. The van der Waals surface area contributed by atoms with Gasteiger partial charge < -0.3 is 0 Å². The van der Waals surface area contributed by atoms with E-state index in [1.54, 1.807) is 6.92 Å². The zero-order chi connectivity index (χ0) is 21.1. The van der Waals surface area contributed by atoms with Crippen molar-refractivity contribution in [2.45, 2.75) is 25.7 Å².